The number of nitrogens with two attached hydrogens (primary N) is 2. The molecule has 0 aromatic carbocycles. The molecule has 0 aliphatic carbocycles. The number of amides is 1. The third kappa shape index (κ3) is 19.8. The Morgan fingerprint density at radius 1 is 0.778 bits per heavy atom. The van der Waals surface area contributed by atoms with Gasteiger partial charge in [-0.05, 0) is 90.3 Å². The summed E-state index contributed by atoms with van der Waals surface area (Å²) in [5.41, 5.74) is 11.4. The second-order valence-electron chi connectivity index (χ2n) is 7.69. The number of carbonyl (C=O) groups is 1. The highest BCUT2D eigenvalue weighted by Crippen LogP contribution is 1.99. The van der Waals surface area contributed by atoms with Crippen LogP contribution in [0.4, 0.5) is 0 Å². The van der Waals surface area contributed by atoms with Crippen LogP contribution in [0, 0.1) is 5.92 Å². The first-order chi connectivity index (χ1) is 13.1. The zero-order chi connectivity index (χ0) is 20.2. The Labute approximate surface area is 167 Å². The molecule has 0 saturated heterocycles. The lowest BCUT2D eigenvalue weighted by Gasteiger charge is -2.13. The molecular formula is C20H46N6O. The third-order valence-corrected chi connectivity index (χ3v) is 4.35. The fourth-order valence-corrected chi connectivity index (χ4v) is 2.67. The smallest absolute Gasteiger partial charge is 0.236 e. The molecule has 0 aromatic heterocycles. The number of carbonyl (C=O) groups excluding carboxylic acids is 1. The molecule has 0 radical (unpaired) electrons. The monoisotopic (exact) mass is 386 g/mol. The van der Waals surface area contributed by atoms with Gasteiger partial charge >= 0.3 is 0 Å². The molecule has 0 unspecified atom stereocenters. The molecule has 0 heterocycles. The number of unbranched alkanes of at least 4 members (excludes halogenated alkanes) is 2. The number of hydrogen-bond donors (Lipinski definition) is 6. The third-order valence-electron chi connectivity index (χ3n) is 4.35. The molecule has 0 spiro atoms. The van der Waals surface area contributed by atoms with Crippen molar-refractivity contribution in [3.05, 3.63) is 0 Å². The van der Waals surface area contributed by atoms with Crippen LogP contribution in [0.3, 0.4) is 0 Å². The molecule has 0 aromatic rings. The minimum Gasteiger partial charge on any atom is -0.355 e. The van der Waals surface area contributed by atoms with E-state index in [-0.39, 0.29) is 11.9 Å². The van der Waals surface area contributed by atoms with Crippen LogP contribution in [-0.2, 0) is 4.79 Å². The van der Waals surface area contributed by atoms with E-state index in [1.165, 1.54) is 12.8 Å². The highest BCUT2D eigenvalue weighted by Gasteiger charge is 2.11. The van der Waals surface area contributed by atoms with Gasteiger partial charge in [-0.25, -0.2) is 0 Å². The first kappa shape index (κ1) is 26.3. The Kier molecular flexibility index (Phi) is 19.5. The predicted octanol–water partition coefficient (Wildman–Crippen LogP) is 0.544. The van der Waals surface area contributed by atoms with Crippen LogP contribution in [0.15, 0.2) is 0 Å². The van der Waals surface area contributed by atoms with E-state index in [1.807, 2.05) is 0 Å². The van der Waals surface area contributed by atoms with Crippen molar-refractivity contribution >= 4 is 5.91 Å². The van der Waals surface area contributed by atoms with E-state index in [0.29, 0.717) is 12.5 Å². The van der Waals surface area contributed by atoms with Gasteiger partial charge in [-0.15, -0.1) is 0 Å². The van der Waals surface area contributed by atoms with E-state index in [0.717, 1.165) is 77.9 Å². The zero-order valence-electron chi connectivity index (χ0n) is 17.8. The van der Waals surface area contributed by atoms with Crippen LogP contribution in [0.2, 0.25) is 0 Å². The second-order valence-corrected chi connectivity index (χ2v) is 7.69. The number of nitrogens with one attached hydrogen (secondary N) is 4. The van der Waals surface area contributed by atoms with Gasteiger partial charge in [-0.3, -0.25) is 4.79 Å². The van der Waals surface area contributed by atoms with Gasteiger partial charge < -0.3 is 32.7 Å². The molecule has 8 N–H and O–H groups in total. The highest BCUT2D eigenvalue weighted by molar-refractivity contribution is 5.81. The largest absolute Gasteiger partial charge is 0.355 e. The lowest BCUT2D eigenvalue weighted by atomic mass is 10.1. The quantitative estimate of drug-likeness (QED) is 0.170. The van der Waals surface area contributed by atoms with Crippen molar-refractivity contribution in [2.45, 2.75) is 64.8 Å². The van der Waals surface area contributed by atoms with E-state index in [2.05, 4.69) is 35.1 Å². The van der Waals surface area contributed by atoms with Crippen molar-refractivity contribution in [2.75, 3.05) is 52.4 Å². The number of rotatable bonds is 20. The highest BCUT2D eigenvalue weighted by atomic mass is 16.2. The van der Waals surface area contributed by atoms with Crippen molar-refractivity contribution in [1.82, 2.24) is 21.3 Å². The second kappa shape index (κ2) is 20.0. The molecule has 7 heteroatoms. The Morgan fingerprint density at radius 3 is 1.96 bits per heavy atom. The molecule has 7 nitrogen and oxygen atoms in total. The molecule has 0 aliphatic rings. The summed E-state index contributed by atoms with van der Waals surface area (Å²) in [7, 11) is 0. The van der Waals surface area contributed by atoms with Gasteiger partial charge in [-0.2, -0.15) is 0 Å². The number of hydrogen-bond acceptors (Lipinski definition) is 6. The average Bonchev–Trinajstić information content (AvgIpc) is 2.64. The maximum atomic E-state index is 11.9. The fraction of sp³-hybridized carbons (Fsp3) is 0.950. The minimum absolute atomic E-state index is 0.0197. The summed E-state index contributed by atoms with van der Waals surface area (Å²) in [5.74, 6) is 0.657. The van der Waals surface area contributed by atoms with Gasteiger partial charge in [0.1, 0.15) is 0 Å². The standard InChI is InChI=1S/C20H46N6O/c1-18(2)17-25-13-4-3-9-19(22)20(27)26-16-8-15-24-12-6-5-11-23-14-7-10-21/h18-19,23-25H,3-17,21-22H2,1-2H3,(H,26,27)/t19-/m0/s1. The molecule has 27 heavy (non-hydrogen) atoms. The van der Waals surface area contributed by atoms with Gasteiger partial charge in [0.2, 0.25) is 5.91 Å². The van der Waals surface area contributed by atoms with Crippen LogP contribution >= 0.6 is 0 Å². The Morgan fingerprint density at radius 2 is 1.33 bits per heavy atom. The predicted molar refractivity (Wildman–Crippen MR) is 116 cm³/mol. The minimum atomic E-state index is -0.380. The fourth-order valence-electron chi connectivity index (χ4n) is 2.67. The molecule has 0 aliphatic heterocycles. The summed E-state index contributed by atoms with van der Waals surface area (Å²) in [5, 5.41) is 13.1. The van der Waals surface area contributed by atoms with E-state index in [9.17, 15) is 4.79 Å². The van der Waals surface area contributed by atoms with Gasteiger partial charge in [-0.1, -0.05) is 20.3 Å². The van der Waals surface area contributed by atoms with E-state index in [1.54, 1.807) is 0 Å². The summed E-state index contributed by atoms with van der Waals surface area (Å²) in [6.07, 6.45) is 7.14. The molecule has 162 valence electrons. The maximum absolute atomic E-state index is 11.9. The van der Waals surface area contributed by atoms with Crippen molar-refractivity contribution in [3.63, 3.8) is 0 Å². The molecule has 0 saturated carbocycles. The van der Waals surface area contributed by atoms with Crippen molar-refractivity contribution in [2.24, 2.45) is 17.4 Å². The Bertz CT molecular complexity index is 328. The Hall–Kier alpha value is -0.730. The van der Waals surface area contributed by atoms with Crippen molar-refractivity contribution in [1.29, 1.82) is 0 Å². The molecule has 0 fully saturated rings. The summed E-state index contributed by atoms with van der Waals surface area (Å²) in [6, 6.07) is -0.380. The zero-order valence-corrected chi connectivity index (χ0v) is 17.8. The molecule has 0 bridgehead atoms. The lowest BCUT2D eigenvalue weighted by molar-refractivity contribution is -0.122. The molecular weight excluding hydrogens is 340 g/mol. The van der Waals surface area contributed by atoms with Crippen LogP contribution in [0.25, 0.3) is 0 Å². The first-order valence-corrected chi connectivity index (χ1v) is 10.9. The summed E-state index contributed by atoms with van der Waals surface area (Å²) in [4.78, 5) is 11.9. The maximum Gasteiger partial charge on any atom is 0.236 e. The summed E-state index contributed by atoms with van der Waals surface area (Å²) in [6.45, 7) is 11.9. The summed E-state index contributed by atoms with van der Waals surface area (Å²) < 4.78 is 0. The SMILES string of the molecule is CC(C)CNCCCC[C@H](N)C(=O)NCCCNCCCCNCCCN. The van der Waals surface area contributed by atoms with Crippen LogP contribution < -0.4 is 32.7 Å². The normalized spacial score (nSPS) is 12.5. The van der Waals surface area contributed by atoms with Gasteiger partial charge in [0.05, 0.1) is 6.04 Å². The van der Waals surface area contributed by atoms with E-state index >= 15 is 0 Å². The first-order valence-electron chi connectivity index (χ1n) is 10.9. The molecule has 0 rings (SSSR count). The molecule has 1 atom stereocenters. The van der Waals surface area contributed by atoms with Gasteiger partial charge in [0, 0.05) is 6.54 Å². The van der Waals surface area contributed by atoms with Crippen LogP contribution in [0.1, 0.15) is 58.8 Å². The average molecular weight is 387 g/mol. The topological polar surface area (TPSA) is 117 Å². The van der Waals surface area contributed by atoms with Crippen molar-refractivity contribution < 1.29 is 4.79 Å². The Balaban J connectivity index is 3.32. The van der Waals surface area contributed by atoms with E-state index < -0.39 is 0 Å². The molecule has 1 amide bonds. The van der Waals surface area contributed by atoms with Crippen LogP contribution in [-0.4, -0.2) is 64.3 Å². The van der Waals surface area contributed by atoms with E-state index in [4.69, 9.17) is 11.5 Å². The van der Waals surface area contributed by atoms with Crippen molar-refractivity contribution in [3.8, 4) is 0 Å². The lowest BCUT2D eigenvalue weighted by Crippen LogP contribution is -2.41. The summed E-state index contributed by atoms with van der Waals surface area (Å²) >= 11 is 0. The van der Waals surface area contributed by atoms with Gasteiger partial charge in [0.25, 0.3) is 0 Å². The van der Waals surface area contributed by atoms with Gasteiger partial charge in [0.15, 0.2) is 0 Å². The van der Waals surface area contributed by atoms with Crippen LogP contribution in [0.5, 0.6) is 0 Å².